The fourth-order valence-electron chi connectivity index (χ4n) is 2.87. The van der Waals surface area contributed by atoms with Gasteiger partial charge in [-0.1, -0.05) is 11.2 Å². The number of hydrogen-bond donors (Lipinski definition) is 1. The van der Waals surface area contributed by atoms with Gasteiger partial charge in [-0.05, 0) is 37.0 Å². The summed E-state index contributed by atoms with van der Waals surface area (Å²) in [4.78, 5) is 4.37. The van der Waals surface area contributed by atoms with Gasteiger partial charge in [0.2, 0.25) is 5.89 Å². The molecule has 1 N–H and O–H groups in total. The zero-order chi connectivity index (χ0) is 15.8. The normalized spacial score (nSPS) is 24.3. The smallest absolute Gasteiger partial charge is 0.229 e. The van der Waals surface area contributed by atoms with Gasteiger partial charge in [0.15, 0.2) is 17.5 Å². The maximum Gasteiger partial charge on any atom is 0.229 e. The molecule has 2 fully saturated rings. The van der Waals surface area contributed by atoms with Crippen molar-refractivity contribution in [2.24, 2.45) is 0 Å². The number of nitrogens with zero attached hydrogens (tertiary/aromatic N) is 2. The Kier molecular flexibility index (Phi) is 3.82. The van der Waals surface area contributed by atoms with Gasteiger partial charge in [-0.25, -0.2) is 8.78 Å². The monoisotopic (exact) mass is 321 g/mol. The van der Waals surface area contributed by atoms with Crippen molar-refractivity contribution < 1.29 is 18.0 Å². The summed E-state index contributed by atoms with van der Waals surface area (Å²) in [5, 5.41) is 7.29. The number of nitrogens with one attached hydrogen (secondary N) is 1. The Hall–Kier alpha value is -1.86. The van der Waals surface area contributed by atoms with Crippen molar-refractivity contribution in [3.63, 3.8) is 0 Å². The Labute approximate surface area is 132 Å². The van der Waals surface area contributed by atoms with E-state index in [1.54, 1.807) is 6.07 Å². The molecule has 1 aromatic carbocycles. The maximum atomic E-state index is 13.4. The van der Waals surface area contributed by atoms with Crippen LogP contribution < -0.4 is 5.32 Å². The molecule has 0 amide bonds. The van der Waals surface area contributed by atoms with Gasteiger partial charge in [0.1, 0.15) is 0 Å². The molecule has 7 heteroatoms. The van der Waals surface area contributed by atoms with Crippen LogP contribution in [0.3, 0.4) is 0 Å². The van der Waals surface area contributed by atoms with Crippen LogP contribution in [0.2, 0.25) is 0 Å². The van der Waals surface area contributed by atoms with Crippen molar-refractivity contribution in [1.82, 2.24) is 15.5 Å². The highest BCUT2D eigenvalue weighted by Gasteiger charge is 2.32. The lowest BCUT2D eigenvalue weighted by Gasteiger charge is -2.19. The fraction of sp³-hybridized carbons (Fsp3) is 0.500. The third-order valence-corrected chi connectivity index (χ3v) is 4.30. The van der Waals surface area contributed by atoms with Gasteiger partial charge in [-0.15, -0.1) is 0 Å². The van der Waals surface area contributed by atoms with E-state index in [1.165, 1.54) is 6.07 Å². The van der Waals surface area contributed by atoms with E-state index in [-0.39, 0.29) is 12.1 Å². The molecular weight excluding hydrogens is 304 g/mol. The predicted octanol–water partition coefficient (Wildman–Crippen LogP) is 2.85. The highest BCUT2D eigenvalue weighted by atomic mass is 19.2. The lowest BCUT2D eigenvalue weighted by molar-refractivity contribution is 0.0979. The highest BCUT2D eigenvalue weighted by molar-refractivity contribution is 5.22. The molecule has 1 aliphatic carbocycles. The van der Waals surface area contributed by atoms with E-state index < -0.39 is 11.6 Å². The lowest BCUT2D eigenvalue weighted by atomic mass is 10.0. The fourth-order valence-corrected chi connectivity index (χ4v) is 2.87. The molecule has 2 unspecified atom stereocenters. The van der Waals surface area contributed by atoms with Gasteiger partial charge in [0.25, 0.3) is 0 Å². The Morgan fingerprint density at radius 3 is 2.83 bits per heavy atom. The molecule has 1 saturated heterocycles. The second-order valence-corrected chi connectivity index (χ2v) is 6.06. The Morgan fingerprint density at radius 2 is 2.04 bits per heavy atom. The van der Waals surface area contributed by atoms with Crippen molar-refractivity contribution in [3.05, 3.63) is 47.1 Å². The number of hydrogen-bond acceptors (Lipinski definition) is 5. The number of rotatable bonds is 5. The SMILES string of the molecule is Fc1ccc(C2OCCC2NCc2noc(C3CC3)n2)cc1F. The van der Waals surface area contributed by atoms with Crippen LogP contribution in [0.4, 0.5) is 8.78 Å². The summed E-state index contributed by atoms with van der Waals surface area (Å²) in [6, 6.07) is 3.88. The molecule has 2 atom stereocenters. The van der Waals surface area contributed by atoms with Gasteiger partial charge in [-0.3, -0.25) is 0 Å². The van der Waals surface area contributed by atoms with Gasteiger partial charge < -0.3 is 14.6 Å². The molecule has 0 radical (unpaired) electrons. The first-order valence-electron chi connectivity index (χ1n) is 7.83. The summed E-state index contributed by atoms with van der Waals surface area (Å²) >= 11 is 0. The second-order valence-electron chi connectivity index (χ2n) is 6.06. The molecule has 5 nitrogen and oxygen atoms in total. The van der Waals surface area contributed by atoms with Gasteiger partial charge >= 0.3 is 0 Å². The molecule has 1 aromatic heterocycles. The van der Waals surface area contributed by atoms with Gasteiger partial charge in [-0.2, -0.15) is 4.98 Å². The van der Waals surface area contributed by atoms with E-state index >= 15 is 0 Å². The molecule has 2 aromatic rings. The largest absolute Gasteiger partial charge is 0.372 e. The molecule has 1 aliphatic heterocycles. The molecule has 122 valence electrons. The minimum Gasteiger partial charge on any atom is -0.372 e. The van der Waals surface area contributed by atoms with Crippen LogP contribution in [0.1, 0.15) is 48.6 Å². The molecular formula is C16H17F2N3O2. The minimum atomic E-state index is -0.857. The van der Waals surface area contributed by atoms with Gasteiger partial charge in [0.05, 0.1) is 12.6 Å². The predicted molar refractivity (Wildman–Crippen MR) is 76.6 cm³/mol. The molecule has 2 heterocycles. The van der Waals surface area contributed by atoms with Crippen molar-refractivity contribution in [1.29, 1.82) is 0 Å². The van der Waals surface area contributed by atoms with E-state index in [1.807, 2.05) is 0 Å². The van der Waals surface area contributed by atoms with E-state index in [0.29, 0.717) is 36.3 Å². The summed E-state index contributed by atoms with van der Waals surface area (Å²) in [6.07, 6.45) is 2.71. The summed E-state index contributed by atoms with van der Waals surface area (Å²) in [5.41, 5.74) is 0.630. The summed E-state index contributed by atoms with van der Waals surface area (Å²) < 4.78 is 37.4. The topological polar surface area (TPSA) is 60.2 Å². The molecule has 23 heavy (non-hydrogen) atoms. The first-order valence-corrected chi connectivity index (χ1v) is 7.83. The summed E-state index contributed by atoms with van der Waals surface area (Å²) in [5.74, 6) is 0.0464. The minimum absolute atomic E-state index is 0.00253. The quantitative estimate of drug-likeness (QED) is 0.917. The number of aromatic nitrogens is 2. The highest BCUT2D eigenvalue weighted by Crippen LogP contribution is 2.38. The van der Waals surface area contributed by atoms with Crippen LogP contribution >= 0.6 is 0 Å². The molecule has 2 aliphatic rings. The number of halogens is 2. The lowest BCUT2D eigenvalue weighted by Crippen LogP contribution is -2.31. The average Bonchev–Trinajstić information content (AvgIpc) is 3.10. The first kappa shape index (κ1) is 14.7. The molecule has 0 spiro atoms. The van der Waals surface area contributed by atoms with Crippen LogP contribution in [0.5, 0.6) is 0 Å². The first-order chi connectivity index (χ1) is 11.2. The molecule has 0 bridgehead atoms. The number of ether oxygens (including phenoxy) is 1. The van der Waals surface area contributed by atoms with Crippen molar-refractivity contribution in [2.45, 2.75) is 43.9 Å². The van der Waals surface area contributed by atoms with Crippen LogP contribution in [-0.4, -0.2) is 22.8 Å². The summed E-state index contributed by atoms with van der Waals surface area (Å²) in [7, 11) is 0. The maximum absolute atomic E-state index is 13.4. The van der Waals surface area contributed by atoms with Crippen LogP contribution in [-0.2, 0) is 11.3 Å². The van der Waals surface area contributed by atoms with Crippen LogP contribution in [0.25, 0.3) is 0 Å². The summed E-state index contributed by atoms with van der Waals surface area (Å²) in [6.45, 7) is 1.03. The van der Waals surface area contributed by atoms with E-state index in [9.17, 15) is 8.78 Å². The second kappa shape index (κ2) is 5.98. The zero-order valence-corrected chi connectivity index (χ0v) is 12.5. The zero-order valence-electron chi connectivity index (χ0n) is 12.5. The molecule has 1 saturated carbocycles. The Morgan fingerprint density at radius 1 is 1.17 bits per heavy atom. The van der Waals surface area contributed by atoms with Crippen molar-refractivity contribution in [3.8, 4) is 0 Å². The van der Waals surface area contributed by atoms with Crippen LogP contribution in [0, 0.1) is 11.6 Å². The Balaban J connectivity index is 1.41. The van der Waals surface area contributed by atoms with E-state index in [2.05, 4.69) is 15.5 Å². The van der Waals surface area contributed by atoms with E-state index in [0.717, 1.165) is 25.3 Å². The third-order valence-electron chi connectivity index (χ3n) is 4.30. The van der Waals surface area contributed by atoms with Crippen molar-refractivity contribution in [2.75, 3.05) is 6.61 Å². The standard InChI is InChI=1S/C16H17F2N3O2/c17-11-4-3-10(7-12(11)18)15-13(5-6-22-15)19-8-14-20-16(23-21-14)9-1-2-9/h3-4,7,9,13,15,19H,1-2,5-6,8H2. The van der Waals surface area contributed by atoms with E-state index in [4.69, 9.17) is 9.26 Å². The van der Waals surface area contributed by atoms with Gasteiger partial charge in [0, 0.05) is 18.6 Å². The number of benzene rings is 1. The average molecular weight is 321 g/mol. The third kappa shape index (κ3) is 3.11. The Bertz CT molecular complexity index is 702. The van der Waals surface area contributed by atoms with Crippen LogP contribution in [0.15, 0.2) is 22.7 Å². The van der Waals surface area contributed by atoms with Crippen molar-refractivity contribution >= 4 is 0 Å². The molecule has 4 rings (SSSR count).